The Balaban J connectivity index is 2.57. The molecule has 0 saturated carbocycles. The van der Waals surface area contributed by atoms with Crippen LogP contribution in [-0.4, -0.2) is 28.1 Å². The lowest BCUT2D eigenvalue weighted by molar-refractivity contribution is -0.120. The van der Waals surface area contributed by atoms with E-state index < -0.39 is 0 Å². The first-order chi connectivity index (χ1) is 9.32. The highest BCUT2D eigenvalue weighted by atomic mass is 16.2. The number of nitrogens with one attached hydrogen (secondary N) is 2. The minimum atomic E-state index is -0.376. The van der Waals surface area contributed by atoms with Crippen molar-refractivity contribution in [3.05, 3.63) is 32.6 Å². The van der Waals surface area contributed by atoms with E-state index in [1.165, 1.54) is 17.7 Å². The molecule has 7 heteroatoms. The predicted molar refractivity (Wildman–Crippen MR) is 76.5 cm³/mol. The van der Waals surface area contributed by atoms with E-state index in [1.54, 1.807) is 7.05 Å². The van der Waals surface area contributed by atoms with Crippen molar-refractivity contribution in [1.82, 2.24) is 19.8 Å². The van der Waals surface area contributed by atoms with Gasteiger partial charge in [-0.1, -0.05) is 13.8 Å². The highest BCUT2D eigenvalue weighted by Gasteiger charge is 2.06. The average Bonchev–Trinajstić information content (AvgIpc) is 2.39. The second-order valence-corrected chi connectivity index (χ2v) is 5.18. The van der Waals surface area contributed by atoms with Gasteiger partial charge in [0.25, 0.3) is 5.56 Å². The van der Waals surface area contributed by atoms with Crippen LogP contribution in [0.1, 0.15) is 19.5 Å². The Hall–Kier alpha value is -1.89. The number of nitrogens with zero attached hydrogens (tertiary/aromatic N) is 2. The third-order valence-corrected chi connectivity index (χ3v) is 2.92. The van der Waals surface area contributed by atoms with Gasteiger partial charge in [-0.05, 0) is 5.92 Å². The number of carbonyl (C=O) groups is 1. The lowest BCUT2D eigenvalue weighted by Gasteiger charge is -2.11. The fourth-order valence-corrected chi connectivity index (χ4v) is 1.63. The van der Waals surface area contributed by atoms with Crippen LogP contribution in [0.25, 0.3) is 0 Å². The monoisotopic (exact) mass is 282 g/mol. The van der Waals surface area contributed by atoms with Crippen molar-refractivity contribution >= 4 is 5.91 Å². The summed E-state index contributed by atoms with van der Waals surface area (Å²) in [6.45, 7) is 5.10. The summed E-state index contributed by atoms with van der Waals surface area (Å²) < 4.78 is 2.43. The quantitative estimate of drug-likeness (QED) is 0.697. The van der Waals surface area contributed by atoms with Crippen molar-refractivity contribution < 1.29 is 4.79 Å². The molecule has 0 aliphatic rings. The Morgan fingerprint density at radius 2 is 1.90 bits per heavy atom. The molecule has 0 fully saturated rings. The van der Waals surface area contributed by atoms with Gasteiger partial charge in [0.2, 0.25) is 5.91 Å². The molecular formula is C13H22N4O3. The second kappa shape index (κ2) is 7.04. The van der Waals surface area contributed by atoms with Crippen LogP contribution >= 0.6 is 0 Å². The van der Waals surface area contributed by atoms with Crippen LogP contribution in [0.3, 0.4) is 0 Å². The number of amides is 1. The van der Waals surface area contributed by atoms with Crippen molar-refractivity contribution in [2.75, 3.05) is 13.1 Å². The molecule has 1 heterocycles. The normalized spacial score (nSPS) is 10.8. The summed E-state index contributed by atoms with van der Waals surface area (Å²) in [5.74, 6) is 0.296. The molecule has 0 aliphatic heterocycles. The molecule has 1 amide bonds. The number of aromatic nitrogens is 2. The minimum Gasteiger partial charge on any atom is -0.355 e. The molecule has 0 aliphatic carbocycles. The zero-order chi connectivity index (χ0) is 15.3. The molecule has 112 valence electrons. The van der Waals surface area contributed by atoms with Crippen LogP contribution < -0.4 is 21.9 Å². The number of carbonyl (C=O) groups excluding carboxylic acids is 1. The molecule has 2 N–H and O–H groups in total. The summed E-state index contributed by atoms with van der Waals surface area (Å²) in [5.41, 5.74) is -0.178. The van der Waals surface area contributed by atoms with Crippen LogP contribution in [0.5, 0.6) is 0 Å². The molecular weight excluding hydrogens is 260 g/mol. The molecule has 0 atom stereocenters. The first-order valence-corrected chi connectivity index (χ1v) is 6.56. The molecule has 0 radical (unpaired) electrons. The van der Waals surface area contributed by atoms with Gasteiger partial charge < -0.3 is 10.6 Å². The second-order valence-electron chi connectivity index (χ2n) is 5.18. The Kier molecular flexibility index (Phi) is 5.69. The Bertz CT molecular complexity index is 586. The van der Waals surface area contributed by atoms with Gasteiger partial charge >= 0.3 is 5.69 Å². The van der Waals surface area contributed by atoms with Gasteiger partial charge in [-0.3, -0.25) is 18.7 Å². The fourth-order valence-electron chi connectivity index (χ4n) is 1.63. The third-order valence-electron chi connectivity index (χ3n) is 2.92. The molecule has 0 spiro atoms. The number of hydrogen-bond acceptors (Lipinski definition) is 4. The predicted octanol–water partition coefficient (Wildman–Crippen LogP) is -1.05. The van der Waals surface area contributed by atoms with Crippen molar-refractivity contribution in [1.29, 1.82) is 0 Å². The molecule has 7 nitrogen and oxygen atoms in total. The maximum atomic E-state index is 11.7. The maximum Gasteiger partial charge on any atom is 0.330 e. The summed E-state index contributed by atoms with van der Waals surface area (Å²) in [4.78, 5) is 34.7. The van der Waals surface area contributed by atoms with Gasteiger partial charge in [0.05, 0.1) is 6.54 Å². The Labute approximate surface area is 117 Å². The van der Waals surface area contributed by atoms with E-state index in [0.29, 0.717) is 18.2 Å². The van der Waals surface area contributed by atoms with Gasteiger partial charge in [-0.25, -0.2) is 4.79 Å². The largest absolute Gasteiger partial charge is 0.355 e. The van der Waals surface area contributed by atoms with E-state index in [2.05, 4.69) is 10.6 Å². The van der Waals surface area contributed by atoms with E-state index in [0.717, 1.165) is 4.57 Å². The van der Waals surface area contributed by atoms with Gasteiger partial charge in [0, 0.05) is 38.9 Å². The summed E-state index contributed by atoms with van der Waals surface area (Å²) in [7, 11) is 3.03. The van der Waals surface area contributed by atoms with Crippen LogP contribution in [-0.2, 0) is 25.4 Å². The lowest BCUT2D eigenvalue weighted by Crippen LogP contribution is -2.40. The molecule has 1 aromatic rings. The first kappa shape index (κ1) is 16.2. The SMILES string of the molecule is CC(C)CNC(=O)CNCc1cc(=O)n(C)c(=O)n1C. The van der Waals surface area contributed by atoms with Crippen molar-refractivity contribution in [3.63, 3.8) is 0 Å². The van der Waals surface area contributed by atoms with E-state index >= 15 is 0 Å². The maximum absolute atomic E-state index is 11.7. The molecule has 1 rings (SSSR count). The number of hydrogen-bond donors (Lipinski definition) is 2. The minimum absolute atomic E-state index is 0.104. The van der Waals surface area contributed by atoms with Gasteiger partial charge in [-0.15, -0.1) is 0 Å². The fraction of sp³-hybridized carbons (Fsp3) is 0.615. The Morgan fingerprint density at radius 1 is 1.25 bits per heavy atom. The van der Waals surface area contributed by atoms with Crippen molar-refractivity contribution in [2.45, 2.75) is 20.4 Å². The molecule has 0 unspecified atom stereocenters. The topological polar surface area (TPSA) is 85.1 Å². The van der Waals surface area contributed by atoms with Gasteiger partial charge in [-0.2, -0.15) is 0 Å². The van der Waals surface area contributed by atoms with Crippen LogP contribution in [0.4, 0.5) is 0 Å². The van der Waals surface area contributed by atoms with E-state index in [9.17, 15) is 14.4 Å². The average molecular weight is 282 g/mol. The zero-order valence-electron chi connectivity index (χ0n) is 12.4. The smallest absolute Gasteiger partial charge is 0.330 e. The van der Waals surface area contributed by atoms with Crippen LogP contribution in [0.15, 0.2) is 15.7 Å². The zero-order valence-corrected chi connectivity index (χ0v) is 12.4. The van der Waals surface area contributed by atoms with Gasteiger partial charge in [0.1, 0.15) is 0 Å². The molecule has 0 saturated heterocycles. The van der Waals surface area contributed by atoms with Crippen molar-refractivity contribution in [3.8, 4) is 0 Å². The van der Waals surface area contributed by atoms with Gasteiger partial charge in [0.15, 0.2) is 0 Å². The summed E-state index contributed by atoms with van der Waals surface area (Å²) >= 11 is 0. The molecule has 0 bridgehead atoms. The Morgan fingerprint density at radius 3 is 2.50 bits per heavy atom. The first-order valence-electron chi connectivity index (χ1n) is 6.56. The highest BCUT2D eigenvalue weighted by Crippen LogP contribution is 1.90. The van der Waals surface area contributed by atoms with Crippen LogP contribution in [0, 0.1) is 5.92 Å². The third kappa shape index (κ3) is 4.34. The summed E-state index contributed by atoms with van der Waals surface area (Å²) in [6.07, 6.45) is 0. The standard InChI is InChI=1S/C13H22N4O3/c1-9(2)6-15-11(18)8-14-7-10-5-12(19)17(4)13(20)16(10)3/h5,9,14H,6-8H2,1-4H3,(H,15,18). The molecule has 20 heavy (non-hydrogen) atoms. The summed E-state index contributed by atoms with van der Waals surface area (Å²) in [6, 6.07) is 1.39. The summed E-state index contributed by atoms with van der Waals surface area (Å²) in [5, 5.41) is 5.70. The molecule has 0 aromatic carbocycles. The van der Waals surface area contributed by atoms with Crippen molar-refractivity contribution in [2.24, 2.45) is 20.0 Å². The van der Waals surface area contributed by atoms with Crippen LogP contribution in [0.2, 0.25) is 0 Å². The molecule has 1 aromatic heterocycles. The van der Waals surface area contributed by atoms with E-state index in [1.807, 2.05) is 13.8 Å². The lowest BCUT2D eigenvalue weighted by atomic mass is 10.2. The van der Waals surface area contributed by atoms with E-state index in [4.69, 9.17) is 0 Å². The highest BCUT2D eigenvalue weighted by molar-refractivity contribution is 5.77. The number of rotatable bonds is 6. The van der Waals surface area contributed by atoms with E-state index in [-0.39, 0.29) is 30.2 Å².